The highest BCUT2D eigenvalue weighted by Crippen LogP contribution is 2.22. The van der Waals surface area contributed by atoms with E-state index in [0.717, 1.165) is 10.6 Å². The van der Waals surface area contributed by atoms with Crippen LogP contribution in [0.1, 0.15) is 15.9 Å². The Morgan fingerprint density at radius 3 is 2.41 bits per heavy atom. The van der Waals surface area contributed by atoms with E-state index >= 15 is 0 Å². The van der Waals surface area contributed by atoms with Crippen LogP contribution < -0.4 is 16.2 Å². The predicted molar refractivity (Wildman–Crippen MR) is 87.2 cm³/mol. The van der Waals surface area contributed by atoms with Crippen molar-refractivity contribution in [2.45, 2.75) is 6.92 Å². The Morgan fingerprint density at radius 1 is 1.09 bits per heavy atom. The highest BCUT2D eigenvalue weighted by molar-refractivity contribution is 6.42. The van der Waals surface area contributed by atoms with Gasteiger partial charge in [0.05, 0.1) is 15.7 Å². The fourth-order valence-corrected chi connectivity index (χ4v) is 2.12. The van der Waals surface area contributed by atoms with Crippen molar-refractivity contribution in [3.63, 3.8) is 0 Å². The van der Waals surface area contributed by atoms with Crippen LogP contribution in [-0.2, 0) is 0 Å². The van der Waals surface area contributed by atoms with Gasteiger partial charge in [-0.3, -0.25) is 10.2 Å². The summed E-state index contributed by atoms with van der Waals surface area (Å²) in [5, 5.41) is 1.55. The third kappa shape index (κ3) is 3.69. The Balaban J connectivity index is 2.26. The monoisotopic (exact) mass is 337 g/mol. The Kier molecular flexibility index (Phi) is 4.90. The molecule has 2 aromatic rings. The maximum absolute atomic E-state index is 12.2. The SMILES string of the molecule is Cc1cccc(N(NC(=O)c2ccc(Cl)c(Cl)c2)C(N)=O)c1. The number of hydrogen-bond donors (Lipinski definition) is 2. The first-order valence-corrected chi connectivity index (χ1v) is 7.06. The third-order valence-corrected chi connectivity index (χ3v) is 3.61. The molecule has 0 aromatic heterocycles. The molecule has 5 nitrogen and oxygen atoms in total. The molecule has 22 heavy (non-hydrogen) atoms. The van der Waals surface area contributed by atoms with E-state index in [-0.39, 0.29) is 10.6 Å². The largest absolute Gasteiger partial charge is 0.350 e. The molecule has 0 aliphatic rings. The fraction of sp³-hybridized carbons (Fsp3) is 0.0667. The summed E-state index contributed by atoms with van der Waals surface area (Å²) in [5.41, 5.74) is 9.41. The number of hydrazine groups is 1. The van der Waals surface area contributed by atoms with Gasteiger partial charge in [0.15, 0.2) is 0 Å². The molecule has 114 valence electrons. The van der Waals surface area contributed by atoms with Gasteiger partial charge in [-0.2, -0.15) is 0 Å². The molecule has 0 saturated carbocycles. The molecule has 0 bridgehead atoms. The third-order valence-electron chi connectivity index (χ3n) is 2.88. The van der Waals surface area contributed by atoms with E-state index in [2.05, 4.69) is 5.43 Å². The molecule has 2 rings (SSSR count). The van der Waals surface area contributed by atoms with Crippen LogP contribution in [-0.4, -0.2) is 11.9 Å². The van der Waals surface area contributed by atoms with Gasteiger partial charge >= 0.3 is 6.03 Å². The highest BCUT2D eigenvalue weighted by Gasteiger charge is 2.17. The number of nitrogens with one attached hydrogen (secondary N) is 1. The molecule has 2 aromatic carbocycles. The Morgan fingerprint density at radius 2 is 1.82 bits per heavy atom. The number of primary amides is 1. The predicted octanol–water partition coefficient (Wildman–Crippen LogP) is 3.53. The number of carbonyl (C=O) groups is 2. The number of nitrogens with two attached hydrogens (primary N) is 1. The second-order valence-electron chi connectivity index (χ2n) is 4.58. The van der Waals surface area contributed by atoms with Gasteiger partial charge in [-0.25, -0.2) is 9.80 Å². The normalized spacial score (nSPS) is 10.1. The smallest absolute Gasteiger partial charge is 0.338 e. The second kappa shape index (κ2) is 6.68. The Bertz CT molecular complexity index is 734. The average Bonchev–Trinajstić information content (AvgIpc) is 2.47. The van der Waals surface area contributed by atoms with Crippen molar-refractivity contribution >= 4 is 40.8 Å². The molecule has 0 spiro atoms. The van der Waals surface area contributed by atoms with Crippen molar-refractivity contribution in [2.24, 2.45) is 5.73 Å². The first-order chi connectivity index (χ1) is 10.4. The van der Waals surface area contributed by atoms with Crippen molar-refractivity contribution in [2.75, 3.05) is 5.01 Å². The van der Waals surface area contributed by atoms with Gasteiger partial charge in [0.25, 0.3) is 5.91 Å². The lowest BCUT2D eigenvalue weighted by molar-refractivity contribution is 0.0951. The Hall–Kier alpha value is -2.24. The van der Waals surface area contributed by atoms with E-state index < -0.39 is 11.9 Å². The molecular formula is C15H13Cl2N3O2. The Labute approximate surface area is 137 Å². The fourth-order valence-electron chi connectivity index (χ4n) is 1.82. The summed E-state index contributed by atoms with van der Waals surface area (Å²) in [6.45, 7) is 1.86. The number of anilines is 1. The molecule has 0 radical (unpaired) electrons. The van der Waals surface area contributed by atoms with Crippen molar-refractivity contribution in [1.82, 2.24) is 5.43 Å². The van der Waals surface area contributed by atoms with Crippen LogP contribution >= 0.6 is 23.2 Å². The summed E-state index contributed by atoms with van der Waals surface area (Å²) in [7, 11) is 0. The average molecular weight is 338 g/mol. The zero-order chi connectivity index (χ0) is 16.3. The van der Waals surface area contributed by atoms with Gasteiger partial charge in [0.2, 0.25) is 0 Å². The van der Waals surface area contributed by atoms with Crippen molar-refractivity contribution in [3.05, 3.63) is 63.6 Å². The molecule has 7 heteroatoms. The zero-order valence-electron chi connectivity index (χ0n) is 11.6. The number of aryl methyl sites for hydroxylation is 1. The zero-order valence-corrected chi connectivity index (χ0v) is 13.2. The number of rotatable bonds is 2. The minimum absolute atomic E-state index is 0.246. The summed E-state index contributed by atoms with van der Waals surface area (Å²) in [5.74, 6) is -0.529. The number of carbonyl (C=O) groups excluding carboxylic acids is 2. The maximum atomic E-state index is 12.2. The maximum Gasteiger partial charge on any atom is 0.338 e. The number of urea groups is 1. The van der Waals surface area contributed by atoms with Gasteiger partial charge < -0.3 is 5.73 Å². The lowest BCUT2D eigenvalue weighted by Gasteiger charge is -2.21. The van der Waals surface area contributed by atoms with Crippen LogP contribution in [0.5, 0.6) is 0 Å². The van der Waals surface area contributed by atoms with Gasteiger partial charge in [0.1, 0.15) is 0 Å². The quantitative estimate of drug-likeness (QED) is 0.822. The van der Waals surface area contributed by atoms with Gasteiger partial charge in [0, 0.05) is 5.56 Å². The van der Waals surface area contributed by atoms with Crippen LogP contribution in [0, 0.1) is 6.92 Å². The van der Waals surface area contributed by atoms with E-state index in [1.165, 1.54) is 18.2 Å². The molecule has 0 unspecified atom stereocenters. The number of amides is 3. The number of hydrogen-bond acceptors (Lipinski definition) is 2. The van der Waals surface area contributed by atoms with E-state index in [9.17, 15) is 9.59 Å². The van der Waals surface area contributed by atoms with Crippen molar-refractivity contribution in [1.29, 1.82) is 0 Å². The summed E-state index contributed by atoms with van der Waals surface area (Å²) < 4.78 is 0. The molecule has 0 aliphatic carbocycles. The minimum atomic E-state index is -0.806. The molecule has 0 atom stereocenters. The van der Waals surface area contributed by atoms with Crippen LogP contribution in [0.3, 0.4) is 0 Å². The van der Waals surface area contributed by atoms with E-state index in [1.807, 2.05) is 13.0 Å². The van der Waals surface area contributed by atoms with E-state index in [0.29, 0.717) is 10.7 Å². The van der Waals surface area contributed by atoms with Gasteiger partial charge in [-0.15, -0.1) is 0 Å². The summed E-state index contributed by atoms with van der Waals surface area (Å²) in [6.07, 6.45) is 0. The lowest BCUT2D eigenvalue weighted by atomic mass is 10.2. The lowest BCUT2D eigenvalue weighted by Crippen LogP contribution is -2.49. The van der Waals surface area contributed by atoms with Crippen LogP contribution in [0.2, 0.25) is 10.0 Å². The number of benzene rings is 2. The van der Waals surface area contributed by atoms with Crippen LogP contribution in [0.25, 0.3) is 0 Å². The van der Waals surface area contributed by atoms with Gasteiger partial charge in [-0.05, 0) is 42.8 Å². The van der Waals surface area contributed by atoms with Crippen molar-refractivity contribution in [3.8, 4) is 0 Å². The van der Waals surface area contributed by atoms with E-state index in [1.54, 1.807) is 18.2 Å². The topological polar surface area (TPSA) is 75.4 Å². The van der Waals surface area contributed by atoms with Crippen LogP contribution in [0.4, 0.5) is 10.5 Å². The number of nitrogens with zero attached hydrogens (tertiary/aromatic N) is 1. The standard InChI is InChI=1S/C15H13Cl2N3O2/c1-9-3-2-4-11(7-9)20(15(18)22)19-14(21)10-5-6-12(16)13(17)8-10/h2-8H,1H3,(H2,18,22)(H,19,21). The summed E-state index contributed by atoms with van der Waals surface area (Å²) >= 11 is 11.7. The molecule has 3 N–H and O–H groups in total. The molecule has 0 heterocycles. The van der Waals surface area contributed by atoms with E-state index in [4.69, 9.17) is 28.9 Å². The molecule has 3 amide bonds. The molecular weight excluding hydrogens is 325 g/mol. The first kappa shape index (κ1) is 16.1. The van der Waals surface area contributed by atoms with Crippen LogP contribution in [0.15, 0.2) is 42.5 Å². The molecule has 0 aliphatic heterocycles. The number of halogens is 2. The van der Waals surface area contributed by atoms with Gasteiger partial charge in [-0.1, -0.05) is 35.3 Å². The highest BCUT2D eigenvalue weighted by atomic mass is 35.5. The van der Waals surface area contributed by atoms with Crippen molar-refractivity contribution < 1.29 is 9.59 Å². The summed E-state index contributed by atoms with van der Waals surface area (Å²) in [6, 6.07) is 10.6. The summed E-state index contributed by atoms with van der Waals surface area (Å²) in [4.78, 5) is 23.8. The minimum Gasteiger partial charge on any atom is -0.350 e. The molecule has 0 fully saturated rings. The molecule has 0 saturated heterocycles. The first-order valence-electron chi connectivity index (χ1n) is 6.31. The second-order valence-corrected chi connectivity index (χ2v) is 5.40.